The van der Waals surface area contributed by atoms with E-state index < -0.39 is 6.17 Å². The lowest BCUT2D eigenvalue weighted by Crippen LogP contribution is -2.44. The number of carbonyl (C=O) groups excluding carboxylic acids is 1. The van der Waals surface area contributed by atoms with Gasteiger partial charge in [0.05, 0.1) is 12.6 Å². The highest BCUT2D eigenvalue weighted by molar-refractivity contribution is 5.47. The van der Waals surface area contributed by atoms with E-state index in [1.54, 1.807) is 0 Å². The lowest BCUT2D eigenvalue weighted by Gasteiger charge is -2.31. The number of nitrogens with one attached hydrogen (secondary N) is 1. The first-order valence-electron chi connectivity index (χ1n) is 6.85. The Morgan fingerprint density at radius 3 is 2.28 bits per heavy atom. The molecule has 1 amide bonds. The van der Waals surface area contributed by atoms with Crippen molar-refractivity contribution in [2.45, 2.75) is 45.4 Å². The van der Waals surface area contributed by atoms with Crippen LogP contribution in [-0.4, -0.2) is 56.9 Å². The van der Waals surface area contributed by atoms with Gasteiger partial charge in [-0.15, -0.1) is 0 Å². The summed E-state index contributed by atoms with van der Waals surface area (Å²) in [5.41, 5.74) is 0. The zero-order valence-electron chi connectivity index (χ0n) is 11.8. The van der Waals surface area contributed by atoms with Crippen molar-refractivity contribution >= 4 is 6.41 Å². The molecule has 2 heterocycles. The number of amides is 1. The minimum Gasteiger partial charge on any atom is -0.378 e. The maximum Gasteiger partial charge on any atom is 0.209 e. The van der Waals surface area contributed by atoms with Crippen molar-refractivity contribution in [2.75, 3.05) is 33.3 Å². The van der Waals surface area contributed by atoms with Crippen molar-refractivity contribution in [1.82, 2.24) is 10.2 Å². The first-order chi connectivity index (χ1) is 8.77. The van der Waals surface area contributed by atoms with Crippen molar-refractivity contribution < 1.29 is 13.9 Å². The second kappa shape index (κ2) is 11.4. The summed E-state index contributed by atoms with van der Waals surface area (Å²) in [5, 5.41) is 3.22. The molecule has 4 nitrogen and oxygen atoms in total. The molecule has 0 aromatic heterocycles. The van der Waals surface area contributed by atoms with E-state index >= 15 is 0 Å². The average Bonchev–Trinajstić information content (AvgIpc) is 3.00. The van der Waals surface area contributed by atoms with Crippen LogP contribution in [0, 0.1) is 0 Å². The van der Waals surface area contributed by atoms with Gasteiger partial charge in [0, 0.05) is 13.7 Å². The fraction of sp³-hybridized carbons (Fsp3) is 0.923. The Hall–Kier alpha value is -0.680. The summed E-state index contributed by atoms with van der Waals surface area (Å²) in [6, 6.07) is 0. The molecule has 2 aliphatic heterocycles. The first-order valence-corrected chi connectivity index (χ1v) is 6.85. The molecule has 2 aliphatic rings. The van der Waals surface area contributed by atoms with Crippen LogP contribution in [0.1, 0.15) is 33.1 Å². The summed E-state index contributed by atoms with van der Waals surface area (Å²) in [4.78, 5) is 11.6. The van der Waals surface area contributed by atoms with Crippen LogP contribution in [0.5, 0.6) is 0 Å². The molecule has 0 aliphatic carbocycles. The van der Waals surface area contributed by atoms with Crippen LogP contribution < -0.4 is 5.32 Å². The van der Waals surface area contributed by atoms with E-state index in [1.165, 1.54) is 37.9 Å². The fourth-order valence-electron chi connectivity index (χ4n) is 1.89. The standard InChI is InChI=1S/C7H12FNO2.C4H9N.C2H6/c1-11-7-2-3-9(5-10)4-6(7)8;1-2-4-5-3-1;1-2/h5-7H,2-4H2,1H3;5H,1-4H2;1-2H3. The molecule has 0 spiro atoms. The number of halogens is 1. The zero-order chi connectivity index (χ0) is 13.8. The molecule has 2 fully saturated rings. The van der Waals surface area contributed by atoms with E-state index in [0.717, 1.165) is 0 Å². The van der Waals surface area contributed by atoms with Gasteiger partial charge in [-0.25, -0.2) is 4.39 Å². The van der Waals surface area contributed by atoms with E-state index in [9.17, 15) is 9.18 Å². The SMILES string of the molecule is C1CCNC1.CC.COC1CCN(C=O)CC1F. The van der Waals surface area contributed by atoms with E-state index in [1.807, 2.05) is 13.8 Å². The van der Waals surface area contributed by atoms with Crippen LogP contribution in [-0.2, 0) is 9.53 Å². The average molecular weight is 262 g/mol. The third kappa shape index (κ3) is 6.91. The van der Waals surface area contributed by atoms with Gasteiger partial charge >= 0.3 is 0 Å². The number of nitrogens with zero attached hydrogens (tertiary/aromatic N) is 1. The minimum atomic E-state index is -1.03. The quantitative estimate of drug-likeness (QED) is 0.769. The number of piperidine rings is 1. The molecule has 1 N–H and O–H groups in total. The second-order valence-electron chi connectivity index (χ2n) is 4.14. The van der Waals surface area contributed by atoms with Gasteiger partial charge in [0.15, 0.2) is 0 Å². The highest BCUT2D eigenvalue weighted by Gasteiger charge is 2.27. The highest BCUT2D eigenvalue weighted by atomic mass is 19.1. The summed E-state index contributed by atoms with van der Waals surface area (Å²) in [6.07, 6.45) is 2.69. The monoisotopic (exact) mass is 262 g/mol. The van der Waals surface area contributed by atoms with Gasteiger partial charge in [0.2, 0.25) is 6.41 Å². The van der Waals surface area contributed by atoms with Crippen LogP contribution in [0.4, 0.5) is 4.39 Å². The number of alkyl halides is 1. The maximum atomic E-state index is 13.0. The summed E-state index contributed by atoms with van der Waals surface area (Å²) in [6.45, 7) is 7.27. The molecule has 5 heteroatoms. The topological polar surface area (TPSA) is 41.6 Å². The third-order valence-corrected chi connectivity index (χ3v) is 2.92. The predicted molar refractivity (Wildman–Crippen MR) is 71.4 cm³/mol. The molecule has 2 atom stereocenters. The van der Waals surface area contributed by atoms with Crippen molar-refractivity contribution in [1.29, 1.82) is 0 Å². The van der Waals surface area contributed by atoms with Gasteiger partial charge in [-0.05, 0) is 32.4 Å². The van der Waals surface area contributed by atoms with Gasteiger partial charge < -0.3 is 15.0 Å². The Morgan fingerprint density at radius 1 is 1.33 bits per heavy atom. The number of hydrogen-bond donors (Lipinski definition) is 1. The lowest BCUT2D eigenvalue weighted by atomic mass is 10.1. The van der Waals surface area contributed by atoms with Crippen molar-refractivity contribution in [3.8, 4) is 0 Å². The molecule has 0 bridgehead atoms. The number of methoxy groups -OCH3 is 1. The molecule has 0 aromatic rings. The summed E-state index contributed by atoms with van der Waals surface area (Å²) in [7, 11) is 1.49. The Labute approximate surface area is 110 Å². The smallest absolute Gasteiger partial charge is 0.209 e. The van der Waals surface area contributed by atoms with E-state index in [-0.39, 0.29) is 12.6 Å². The maximum absolute atomic E-state index is 13.0. The van der Waals surface area contributed by atoms with Gasteiger partial charge in [-0.1, -0.05) is 13.8 Å². The summed E-state index contributed by atoms with van der Waals surface area (Å²) < 4.78 is 17.8. The largest absolute Gasteiger partial charge is 0.378 e. The fourth-order valence-corrected chi connectivity index (χ4v) is 1.89. The summed E-state index contributed by atoms with van der Waals surface area (Å²) in [5.74, 6) is 0. The van der Waals surface area contributed by atoms with Crippen LogP contribution in [0.25, 0.3) is 0 Å². The Kier molecular flexibility index (Phi) is 11.0. The van der Waals surface area contributed by atoms with Crippen LogP contribution in [0.3, 0.4) is 0 Å². The Bertz CT molecular complexity index is 194. The first kappa shape index (κ1) is 17.3. The van der Waals surface area contributed by atoms with E-state index in [4.69, 9.17) is 4.74 Å². The van der Waals surface area contributed by atoms with Gasteiger partial charge in [0.25, 0.3) is 0 Å². The molecule has 0 saturated carbocycles. The van der Waals surface area contributed by atoms with Crippen molar-refractivity contribution in [3.63, 3.8) is 0 Å². The molecule has 0 radical (unpaired) electrons. The molecular weight excluding hydrogens is 235 g/mol. The van der Waals surface area contributed by atoms with Crippen LogP contribution in [0.2, 0.25) is 0 Å². The second-order valence-corrected chi connectivity index (χ2v) is 4.14. The number of carbonyl (C=O) groups is 1. The molecular formula is C13H27FN2O2. The molecule has 0 aromatic carbocycles. The van der Waals surface area contributed by atoms with Gasteiger partial charge in [0.1, 0.15) is 6.17 Å². The minimum absolute atomic E-state index is 0.169. The molecule has 108 valence electrons. The molecule has 18 heavy (non-hydrogen) atoms. The normalized spacial score (nSPS) is 26.6. The van der Waals surface area contributed by atoms with Crippen LogP contribution >= 0.6 is 0 Å². The lowest BCUT2D eigenvalue weighted by molar-refractivity contribution is -0.122. The van der Waals surface area contributed by atoms with Crippen LogP contribution in [0.15, 0.2) is 0 Å². The number of hydrogen-bond acceptors (Lipinski definition) is 3. The number of rotatable bonds is 2. The summed E-state index contributed by atoms with van der Waals surface area (Å²) >= 11 is 0. The Balaban J connectivity index is 0.000000343. The Morgan fingerprint density at radius 2 is 1.94 bits per heavy atom. The third-order valence-electron chi connectivity index (χ3n) is 2.92. The van der Waals surface area contributed by atoms with Crippen molar-refractivity contribution in [3.05, 3.63) is 0 Å². The molecule has 2 saturated heterocycles. The molecule has 2 rings (SSSR count). The predicted octanol–water partition coefficient (Wildman–Crippen LogP) is 1.60. The van der Waals surface area contributed by atoms with Crippen molar-refractivity contribution in [2.24, 2.45) is 0 Å². The number of likely N-dealkylation sites (tertiary alicyclic amines) is 1. The highest BCUT2D eigenvalue weighted by Crippen LogP contribution is 2.14. The van der Waals surface area contributed by atoms with E-state index in [0.29, 0.717) is 19.4 Å². The van der Waals surface area contributed by atoms with E-state index in [2.05, 4.69) is 5.32 Å². The zero-order valence-corrected chi connectivity index (χ0v) is 11.8. The number of ether oxygens (including phenoxy) is 1. The van der Waals surface area contributed by atoms with Gasteiger partial charge in [-0.2, -0.15) is 0 Å². The van der Waals surface area contributed by atoms with Gasteiger partial charge in [-0.3, -0.25) is 4.79 Å². The molecule has 2 unspecified atom stereocenters.